The Balaban J connectivity index is 1.84. The lowest BCUT2D eigenvalue weighted by atomic mass is 10.1. The average Bonchev–Trinajstić information content (AvgIpc) is 2.64. The number of hydrogen-bond donors (Lipinski definition) is 1. The number of benzene rings is 2. The fraction of sp³-hybridized carbons (Fsp3) is 0.300. The van der Waals surface area contributed by atoms with Crippen LogP contribution in [0.25, 0.3) is 0 Å². The van der Waals surface area contributed by atoms with E-state index in [9.17, 15) is 19.7 Å². The van der Waals surface area contributed by atoms with Crippen molar-refractivity contribution in [2.45, 2.75) is 32.7 Å². The number of para-hydroxylation sites is 1. The highest BCUT2D eigenvalue weighted by atomic mass is 16.6. The molecular formula is C20H22N2O5. The van der Waals surface area contributed by atoms with Gasteiger partial charge in [0.1, 0.15) is 5.56 Å². The van der Waals surface area contributed by atoms with Crippen LogP contribution in [-0.2, 0) is 16.0 Å². The Morgan fingerprint density at radius 2 is 1.85 bits per heavy atom. The minimum Gasteiger partial charge on any atom is -0.452 e. The van der Waals surface area contributed by atoms with E-state index in [-0.39, 0.29) is 17.3 Å². The zero-order chi connectivity index (χ0) is 19.8. The average molecular weight is 370 g/mol. The highest BCUT2D eigenvalue weighted by molar-refractivity contribution is 5.95. The highest BCUT2D eigenvalue weighted by Gasteiger charge is 2.24. The molecule has 0 aromatic heterocycles. The molecule has 0 unspecified atom stereocenters. The van der Waals surface area contributed by atoms with E-state index >= 15 is 0 Å². The zero-order valence-corrected chi connectivity index (χ0v) is 15.3. The Hall–Kier alpha value is -3.22. The van der Waals surface area contributed by atoms with Gasteiger partial charge >= 0.3 is 5.97 Å². The quantitative estimate of drug-likeness (QED) is 0.437. The summed E-state index contributed by atoms with van der Waals surface area (Å²) >= 11 is 0. The summed E-state index contributed by atoms with van der Waals surface area (Å²) in [6, 6.07) is 14.2. The number of rotatable bonds is 8. The van der Waals surface area contributed by atoms with Gasteiger partial charge in [-0.05, 0) is 38.3 Å². The van der Waals surface area contributed by atoms with Crippen LogP contribution in [-0.4, -0.2) is 29.4 Å². The molecule has 0 aliphatic rings. The van der Waals surface area contributed by atoms with Crippen molar-refractivity contribution < 1.29 is 19.2 Å². The van der Waals surface area contributed by atoms with E-state index in [2.05, 4.69) is 5.32 Å². The van der Waals surface area contributed by atoms with Gasteiger partial charge in [0, 0.05) is 11.6 Å². The van der Waals surface area contributed by atoms with Crippen molar-refractivity contribution in [3.63, 3.8) is 0 Å². The molecule has 1 N–H and O–H groups in total. The number of nitrogens with one attached hydrogen (secondary N) is 1. The van der Waals surface area contributed by atoms with Crippen LogP contribution < -0.4 is 5.32 Å². The monoisotopic (exact) mass is 370 g/mol. The van der Waals surface area contributed by atoms with Crippen LogP contribution in [0.2, 0.25) is 0 Å². The standard InChI is InChI=1S/C20H22N2O5/c1-14-7-6-10-17(19(14)22(25)26)20(24)27-13-18(23)21-15(2)11-12-16-8-4-3-5-9-16/h3-10,15H,11-13H2,1-2H3,(H,21,23)/t15-/m0/s1. The minimum atomic E-state index is -0.891. The fourth-order valence-corrected chi connectivity index (χ4v) is 2.69. The maximum Gasteiger partial charge on any atom is 0.345 e. The maximum atomic E-state index is 12.1. The van der Waals surface area contributed by atoms with Gasteiger partial charge in [-0.1, -0.05) is 42.5 Å². The molecule has 7 nitrogen and oxygen atoms in total. The molecule has 0 saturated heterocycles. The number of nitro groups is 1. The van der Waals surface area contributed by atoms with E-state index < -0.39 is 23.4 Å². The fourth-order valence-electron chi connectivity index (χ4n) is 2.69. The second kappa shape index (κ2) is 9.47. The first-order valence-electron chi connectivity index (χ1n) is 8.63. The third-order valence-corrected chi connectivity index (χ3v) is 4.09. The molecule has 0 saturated carbocycles. The smallest absolute Gasteiger partial charge is 0.345 e. The van der Waals surface area contributed by atoms with Crippen molar-refractivity contribution >= 4 is 17.6 Å². The van der Waals surface area contributed by atoms with Gasteiger partial charge in [-0.25, -0.2) is 4.79 Å². The lowest BCUT2D eigenvalue weighted by Crippen LogP contribution is -2.36. The van der Waals surface area contributed by atoms with E-state index in [1.807, 2.05) is 37.3 Å². The largest absolute Gasteiger partial charge is 0.452 e. The van der Waals surface area contributed by atoms with E-state index in [4.69, 9.17) is 4.74 Å². The van der Waals surface area contributed by atoms with Crippen molar-refractivity contribution in [3.05, 3.63) is 75.3 Å². The maximum absolute atomic E-state index is 12.1. The van der Waals surface area contributed by atoms with Gasteiger partial charge in [-0.2, -0.15) is 0 Å². The first-order chi connectivity index (χ1) is 12.9. The van der Waals surface area contributed by atoms with Crippen LogP contribution in [0.4, 0.5) is 5.69 Å². The second-order valence-electron chi connectivity index (χ2n) is 6.30. The van der Waals surface area contributed by atoms with E-state index in [1.54, 1.807) is 0 Å². The van der Waals surface area contributed by atoms with Crippen LogP contribution in [0.1, 0.15) is 34.8 Å². The number of carbonyl (C=O) groups is 2. The van der Waals surface area contributed by atoms with Crippen molar-refractivity contribution in [1.29, 1.82) is 0 Å². The van der Waals surface area contributed by atoms with Crippen LogP contribution in [0, 0.1) is 17.0 Å². The Morgan fingerprint density at radius 1 is 1.15 bits per heavy atom. The molecule has 0 aliphatic carbocycles. The molecule has 27 heavy (non-hydrogen) atoms. The minimum absolute atomic E-state index is 0.0929. The van der Waals surface area contributed by atoms with Crippen LogP contribution in [0.5, 0.6) is 0 Å². The Kier molecular flexibility index (Phi) is 7.05. The van der Waals surface area contributed by atoms with Crippen LogP contribution in [0.15, 0.2) is 48.5 Å². The van der Waals surface area contributed by atoms with Gasteiger partial charge in [0.2, 0.25) is 0 Å². The third kappa shape index (κ3) is 5.91. The summed E-state index contributed by atoms with van der Waals surface area (Å²) in [6.07, 6.45) is 1.56. The number of nitrogens with zero attached hydrogens (tertiary/aromatic N) is 1. The molecule has 1 amide bonds. The Bertz CT molecular complexity index is 820. The molecule has 0 aliphatic heterocycles. The van der Waals surface area contributed by atoms with Crippen molar-refractivity contribution in [3.8, 4) is 0 Å². The first kappa shape index (κ1) is 20.1. The molecule has 0 heterocycles. The summed E-state index contributed by atoms with van der Waals surface area (Å²) in [6.45, 7) is 2.92. The lowest BCUT2D eigenvalue weighted by Gasteiger charge is -2.14. The molecule has 0 spiro atoms. The molecule has 1 atom stereocenters. The number of amides is 1. The number of nitro benzene ring substituents is 1. The van der Waals surface area contributed by atoms with Crippen molar-refractivity contribution in [2.75, 3.05) is 6.61 Å². The summed E-state index contributed by atoms with van der Waals surface area (Å²) in [5.74, 6) is -1.34. The van der Waals surface area contributed by atoms with E-state index in [1.165, 1.54) is 30.7 Å². The predicted octanol–water partition coefficient (Wildman–Crippen LogP) is 3.20. The van der Waals surface area contributed by atoms with Crippen molar-refractivity contribution in [1.82, 2.24) is 5.32 Å². The van der Waals surface area contributed by atoms with E-state index in [0.29, 0.717) is 5.56 Å². The molecule has 0 bridgehead atoms. The Labute approximate surface area is 157 Å². The molecule has 2 rings (SSSR count). The number of ether oxygens (including phenoxy) is 1. The van der Waals surface area contributed by atoms with Gasteiger partial charge in [0.15, 0.2) is 6.61 Å². The summed E-state index contributed by atoms with van der Waals surface area (Å²) < 4.78 is 4.94. The number of carbonyl (C=O) groups excluding carboxylic acids is 2. The summed E-state index contributed by atoms with van der Waals surface area (Å²) in [4.78, 5) is 34.6. The summed E-state index contributed by atoms with van der Waals surface area (Å²) in [5.41, 5.74) is 1.06. The SMILES string of the molecule is Cc1cccc(C(=O)OCC(=O)N[C@@H](C)CCc2ccccc2)c1[N+](=O)[O-]. The van der Waals surface area contributed by atoms with Crippen molar-refractivity contribution in [2.24, 2.45) is 0 Å². The van der Waals surface area contributed by atoms with Gasteiger partial charge in [0.05, 0.1) is 4.92 Å². The van der Waals surface area contributed by atoms with Gasteiger partial charge in [-0.15, -0.1) is 0 Å². The number of esters is 1. The molecule has 2 aromatic rings. The first-order valence-corrected chi connectivity index (χ1v) is 8.63. The second-order valence-corrected chi connectivity index (χ2v) is 6.30. The van der Waals surface area contributed by atoms with Gasteiger partial charge in [0.25, 0.3) is 11.6 Å². The Morgan fingerprint density at radius 3 is 2.52 bits per heavy atom. The molecule has 142 valence electrons. The summed E-state index contributed by atoms with van der Waals surface area (Å²) in [7, 11) is 0. The third-order valence-electron chi connectivity index (χ3n) is 4.09. The predicted molar refractivity (Wildman–Crippen MR) is 100 cm³/mol. The lowest BCUT2D eigenvalue weighted by molar-refractivity contribution is -0.385. The zero-order valence-electron chi connectivity index (χ0n) is 15.3. The molecule has 0 radical (unpaired) electrons. The summed E-state index contributed by atoms with van der Waals surface area (Å²) in [5, 5.41) is 13.9. The number of hydrogen-bond acceptors (Lipinski definition) is 5. The van der Waals surface area contributed by atoms with E-state index in [0.717, 1.165) is 12.8 Å². The van der Waals surface area contributed by atoms with Crippen LogP contribution in [0.3, 0.4) is 0 Å². The topological polar surface area (TPSA) is 98.5 Å². The number of aryl methyl sites for hydroxylation is 2. The molecule has 0 fully saturated rings. The normalized spacial score (nSPS) is 11.5. The van der Waals surface area contributed by atoms with Gasteiger partial charge < -0.3 is 10.1 Å². The molecule has 7 heteroatoms. The highest BCUT2D eigenvalue weighted by Crippen LogP contribution is 2.23. The molecular weight excluding hydrogens is 348 g/mol. The van der Waals surface area contributed by atoms with Gasteiger partial charge in [-0.3, -0.25) is 14.9 Å². The van der Waals surface area contributed by atoms with Crippen LogP contribution >= 0.6 is 0 Å². The molecule has 2 aromatic carbocycles.